The van der Waals surface area contributed by atoms with Gasteiger partial charge in [0, 0.05) is 25.4 Å². The molecule has 3 rings (SSSR count). The molecule has 0 aromatic heterocycles. The Bertz CT molecular complexity index is 944. The largest absolute Gasteiger partial charge is 0.480 e. The van der Waals surface area contributed by atoms with Crippen LogP contribution in [0, 0.1) is 0 Å². The second-order valence-electron chi connectivity index (χ2n) is 8.05. The van der Waals surface area contributed by atoms with Gasteiger partial charge in [-0.3, -0.25) is 4.79 Å². The monoisotopic (exact) mass is 438 g/mol. The molecule has 1 aliphatic rings. The minimum absolute atomic E-state index is 0.0149. The van der Waals surface area contributed by atoms with Gasteiger partial charge in [-0.25, -0.2) is 9.59 Å². The Morgan fingerprint density at radius 2 is 1.56 bits per heavy atom. The van der Waals surface area contributed by atoms with Gasteiger partial charge >= 0.3 is 12.1 Å². The molecular weight excluding hydrogens is 408 g/mol. The number of likely N-dealkylation sites (N-methyl/N-ethyl adjacent to an activating group) is 1. The highest BCUT2D eigenvalue weighted by Crippen LogP contribution is 2.44. The van der Waals surface area contributed by atoms with E-state index in [0.29, 0.717) is 12.8 Å². The molecule has 0 spiro atoms. The number of nitrogens with one attached hydrogen (secondary N) is 1. The minimum atomic E-state index is -1.04. The molecule has 2 atom stereocenters. The Kier molecular flexibility index (Phi) is 7.51. The summed E-state index contributed by atoms with van der Waals surface area (Å²) >= 11 is 0. The standard InChI is InChI=1S/C25H30N2O5/c1-4-16(14-23(28)27(3)22(5-2)24(29)30)26-25(31)32-15-21-19-12-8-6-10-17(19)18-11-7-9-13-20(18)21/h6-13,16,21-22H,4-5,14-15H2,1-3H3,(H,26,31)(H,29,30)/t16-,22?/m1/s1. The van der Waals surface area contributed by atoms with Gasteiger partial charge in [-0.2, -0.15) is 0 Å². The molecule has 0 fully saturated rings. The number of aliphatic carboxylic acids is 1. The molecule has 0 bridgehead atoms. The summed E-state index contributed by atoms with van der Waals surface area (Å²) in [6.07, 6.45) is 0.266. The van der Waals surface area contributed by atoms with Crippen molar-refractivity contribution in [3.63, 3.8) is 0 Å². The van der Waals surface area contributed by atoms with Gasteiger partial charge in [0.15, 0.2) is 0 Å². The summed E-state index contributed by atoms with van der Waals surface area (Å²) in [5, 5.41) is 12.0. The summed E-state index contributed by atoms with van der Waals surface area (Å²) in [4.78, 5) is 37.5. The van der Waals surface area contributed by atoms with Crippen molar-refractivity contribution in [3.05, 3.63) is 59.7 Å². The van der Waals surface area contributed by atoms with Crippen LogP contribution in [0.25, 0.3) is 11.1 Å². The van der Waals surface area contributed by atoms with E-state index in [4.69, 9.17) is 4.74 Å². The summed E-state index contributed by atoms with van der Waals surface area (Å²) < 4.78 is 5.55. The zero-order valence-corrected chi connectivity index (χ0v) is 18.7. The number of fused-ring (bicyclic) bond motifs is 3. The molecule has 1 unspecified atom stereocenters. The van der Waals surface area contributed by atoms with Crippen LogP contribution < -0.4 is 5.32 Å². The lowest BCUT2D eigenvalue weighted by Crippen LogP contribution is -2.45. The van der Waals surface area contributed by atoms with Crippen LogP contribution in [0.1, 0.15) is 50.2 Å². The number of alkyl carbamates (subject to hydrolysis) is 1. The maximum absolute atomic E-state index is 12.5. The highest BCUT2D eigenvalue weighted by atomic mass is 16.5. The van der Waals surface area contributed by atoms with Gasteiger partial charge in [0.1, 0.15) is 12.6 Å². The van der Waals surface area contributed by atoms with Crippen molar-refractivity contribution in [2.75, 3.05) is 13.7 Å². The summed E-state index contributed by atoms with van der Waals surface area (Å²) in [5.41, 5.74) is 4.57. The summed E-state index contributed by atoms with van der Waals surface area (Å²) in [6, 6.07) is 14.9. The fraction of sp³-hybridized carbons (Fsp3) is 0.400. The second kappa shape index (κ2) is 10.3. The molecular formula is C25H30N2O5. The number of carboxylic acid groups (broad SMARTS) is 1. The summed E-state index contributed by atoms with van der Waals surface area (Å²) in [6.45, 7) is 3.77. The third kappa shape index (κ3) is 4.93. The molecule has 0 saturated carbocycles. The van der Waals surface area contributed by atoms with Crippen LogP contribution in [-0.4, -0.2) is 53.7 Å². The number of ether oxygens (including phenoxy) is 1. The third-order valence-electron chi connectivity index (χ3n) is 6.11. The molecule has 2 amide bonds. The van der Waals surface area contributed by atoms with E-state index in [2.05, 4.69) is 29.6 Å². The maximum Gasteiger partial charge on any atom is 0.407 e. The lowest BCUT2D eigenvalue weighted by Gasteiger charge is -2.26. The van der Waals surface area contributed by atoms with E-state index in [1.165, 1.54) is 11.9 Å². The van der Waals surface area contributed by atoms with Gasteiger partial charge in [0.2, 0.25) is 5.91 Å². The number of amides is 2. The first kappa shape index (κ1) is 23.3. The van der Waals surface area contributed by atoms with Crippen molar-refractivity contribution in [1.82, 2.24) is 10.2 Å². The predicted octanol–water partition coefficient (Wildman–Crippen LogP) is 4.02. The summed E-state index contributed by atoms with van der Waals surface area (Å²) in [7, 11) is 1.48. The SMILES string of the molecule is CCC(C(=O)O)N(C)C(=O)C[C@@H](CC)NC(=O)OCC1c2ccccc2-c2ccccc21. The number of hydrogen-bond acceptors (Lipinski definition) is 4. The number of nitrogens with zero attached hydrogens (tertiary/aromatic N) is 1. The Morgan fingerprint density at radius 1 is 1.00 bits per heavy atom. The van der Waals surface area contributed by atoms with Crippen molar-refractivity contribution in [2.45, 2.75) is 51.1 Å². The maximum atomic E-state index is 12.5. The van der Waals surface area contributed by atoms with Crippen LogP contribution in [0.3, 0.4) is 0 Å². The van der Waals surface area contributed by atoms with Crippen LogP contribution >= 0.6 is 0 Å². The molecule has 32 heavy (non-hydrogen) atoms. The molecule has 0 saturated heterocycles. The molecule has 2 aromatic rings. The van der Waals surface area contributed by atoms with E-state index < -0.39 is 24.1 Å². The number of carbonyl (C=O) groups is 3. The van der Waals surface area contributed by atoms with Crippen molar-refractivity contribution < 1.29 is 24.2 Å². The molecule has 0 radical (unpaired) electrons. The molecule has 170 valence electrons. The second-order valence-corrected chi connectivity index (χ2v) is 8.05. The zero-order valence-electron chi connectivity index (χ0n) is 18.7. The van der Waals surface area contributed by atoms with Crippen molar-refractivity contribution in [1.29, 1.82) is 0 Å². The first-order chi connectivity index (χ1) is 15.4. The minimum Gasteiger partial charge on any atom is -0.480 e. The average Bonchev–Trinajstić information content (AvgIpc) is 3.11. The van der Waals surface area contributed by atoms with Gasteiger partial charge in [0.25, 0.3) is 0 Å². The molecule has 1 aliphatic carbocycles. The van der Waals surface area contributed by atoms with E-state index in [1.54, 1.807) is 6.92 Å². The van der Waals surface area contributed by atoms with Gasteiger partial charge in [-0.05, 0) is 35.1 Å². The molecule has 7 nitrogen and oxygen atoms in total. The smallest absolute Gasteiger partial charge is 0.407 e. The summed E-state index contributed by atoms with van der Waals surface area (Å²) in [5.74, 6) is -1.41. The van der Waals surface area contributed by atoms with E-state index in [0.717, 1.165) is 22.3 Å². The number of carboxylic acids is 1. The molecule has 7 heteroatoms. The number of carbonyl (C=O) groups excluding carboxylic acids is 2. The Hall–Kier alpha value is -3.35. The quantitative estimate of drug-likeness (QED) is 0.617. The van der Waals surface area contributed by atoms with Crippen LogP contribution in [0.2, 0.25) is 0 Å². The van der Waals surface area contributed by atoms with Crippen molar-refractivity contribution in [2.24, 2.45) is 0 Å². The molecule has 2 N–H and O–H groups in total. The average molecular weight is 439 g/mol. The highest BCUT2D eigenvalue weighted by molar-refractivity contribution is 5.84. The number of hydrogen-bond donors (Lipinski definition) is 2. The lowest BCUT2D eigenvalue weighted by molar-refractivity contribution is -0.149. The zero-order chi connectivity index (χ0) is 23.3. The first-order valence-electron chi connectivity index (χ1n) is 11.0. The lowest BCUT2D eigenvalue weighted by atomic mass is 9.98. The van der Waals surface area contributed by atoms with Gasteiger partial charge in [-0.1, -0.05) is 62.4 Å². The molecule has 2 aromatic carbocycles. The molecule has 0 heterocycles. The van der Waals surface area contributed by atoms with Crippen LogP contribution in [-0.2, 0) is 14.3 Å². The van der Waals surface area contributed by atoms with E-state index >= 15 is 0 Å². The van der Waals surface area contributed by atoms with Crippen LogP contribution in [0.15, 0.2) is 48.5 Å². The third-order valence-corrected chi connectivity index (χ3v) is 6.11. The van der Waals surface area contributed by atoms with Crippen molar-refractivity contribution in [3.8, 4) is 11.1 Å². The highest BCUT2D eigenvalue weighted by Gasteiger charge is 2.30. The van der Waals surface area contributed by atoms with Crippen LogP contribution in [0.4, 0.5) is 4.79 Å². The van der Waals surface area contributed by atoms with Crippen molar-refractivity contribution >= 4 is 18.0 Å². The van der Waals surface area contributed by atoms with Crippen LogP contribution in [0.5, 0.6) is 0 Å². The number of benzene rings is 2. The first-order valence-corrected chi connectivity index (χ1v) is 11.0. The fourth-order valence-corrected chi connectivity index (χ4v) is 4.25. The predicted molar refractivity (Wildman–Crippen MR) is 121 cm³/mol. The Labute approximate surface area is 188 Å². The van der Waals surface area contributed by atoms with E-state index in [9.17, 15) is 19.5 Å². The topological polar surface area (TPSA) is 95.9 Å². The number of rotatable bonds is 9. The normalized spacial score (nSPS) is 14.1. The van der Waals surface area contributed by atoms with Gasteiger partial charge in [0.05, 0.1) is 0 Å². The van der Waals surface area contributed by atoms with Gasteiger partial charge in [-0.15, -0.1) is 0 Å². The van der Waals surface area contributed by atoms with E-state index in [1.807, 2.05) is 31.2 Å². The van der Waals surface area contributed by atoms with Gasteiger partial charge < -0.3 is 20.1 Å². The Balaban J connectivity index is 1.59. The Morgan fingerprint density at radius 3 is 2.06 bits per heavy atom. The molecule has 0 aliphatic heterocycles. The fourth-order valence-electron chi connectivity index (χ4n) is 4.25. The van der Waals surface area contributed by atoms with E-state index in [-0.39, 0.29) is 24.9 Å².